The fraction of sp³-hybridized carbons (Fsp3) is 0.188. The van der Waals surface area contributed by atoms with Gasteiger partial charge < -0.3 is 10.4 Å². The van der Waals surface area contributed by atoms with Gasteiger partial charge in [0.2, 0.25) is 0 Å². The van der Waals surface area contributed by atoms with E-state index in [9.17, 15) is 9.90 Å². The van der Waals surface area contributed by atoms with Gasteiger partial charge in [-0.25, -0.2) is 0 Å². The van der Waals surface area contributed by atoms with Crippen LogP contribution in [-0.4, -0.2) is 11.0 Å². The molecular weight excluding hydrogens is 238 g/mol. The Kier molecular flexibility index (Phi) is 2.47. The summed E-state index contributed by atoms with van der Waals surface area (Å²) in [4.78, 5) is 12.3. The van der Waals surface area contributed by atoms with E-state index in [4.69, 9.17) is 0 Å². The van der Waals surface area contributed by atoms with Crippen LogP contribution in [0.5, 0.6) is 0 Å². The Morgan fingerprint density at radius 3 is 2.47 bits per heavy atom. The molecule has 0 spiro atoms. The fourth-order valence-electron chi connectivity index (χ4n) is 2.65. The van der Waals surface area contributed by atoms with Crippen LogP contribution in [0.3, 0.4) is 0 Å². The van der Waals surface area contributed by atoms with Gasteiger partial charge in [0.15, 0.2) is 5.60 Å². The first-order chi connectivity index (χ1) is 9.05. The summed E-state index contributed by atoms with van der Waals surface area (Å²) in [6.45, 7) is 3.90. The van der Waals surface area contributed by atoms with E-state index in [0.717, 1.165) is 11.1 Å². The normalized spacial score (nSPS) is 21.1. The first-order valence-electron chi connectivity index (χ1n) is 6.25. The molecule has 1 aliphatic rings. The second-order valence-electron chi connectivity index (χ2n) is 4.96. The molecule has 19 heavy (non-hydrogen) atoms. The molecule has 1 aliphatic heterocycles. The van der Waals surface area contributed by atoms with Crippen LogP contribution in [0.1, 0.15) is 22.3 Å². The van der Waals surface area contributed by atoms with Crippen molar-refractivity contribution in [1.82, 2.24) is 0 Å². The number of aryl methyl sites for hydroxylation is 1. The molecule has 2 aromatic rings. The van der Waals surface area contributed by atoms with Gasteiger partial charge >= 0.3 is 0 Å². The lowest BCUT2D eigenvalue weighted by atomic mass is 9.84. The molecule has 1 unspecified atom stereocenters. The van der Waals surface area contributed by atoms with E-state index in [1.54, 1.807) is 12.1 Å². The predicted octanol–water partition coefficient (Wildman–Crippen LogP) is 2.49. The first kappa shape index (κ1) is 11.9. The van der Waals surface area contributed by atoms with Gasteiger partial charge in [-0.2, -0.15) is 0 Å². The lowest BCUT2D eigenvalue weighted by molar-refractivity contribution is -0.129. The lowest BCUT2D eigenvalue weighted by Crippen LogP contribution is -2.36. The van der Waals surface area contributed by atoms with E-state index in [1.807, 2.05) is 44.2 Å². The third kappa shape index (κ3) is 1.52. The Morgan fingerprint density at radius 1 is 1.00 bits per heavy atom. The van der Waals surface area contributed by atoms with Crippen LogP contribution in [0.2, 0.25) is 0 Å². The number of hydrogen-bond donors (Lipinski definition) is 2. The molecule has 1 atom stereocenters. The Morgan fingerprint density at radius 2 is 1.68 bits per heavy atom. The van der Waals surface area contributed by atoms with Crippen molar-refractivity contribution in [3.63, 3.8) is 0 Å². The lowest BCUT2D eigenvalue weighted by Gasteiger charge is -2.24. The van der Waals surface area contributed by atoms with Gasteiger partial charge in [-0.1, -0.05) is 36.4 Å². The van der Waals surface area contributed by atoms with Crippen molar-refractivity contribution < 1.29 is 9.90 Å². The fourth-order valence-corrected chi connectivity index (χ4v) is 2.65. The molecule has 0 fully saturated rings. The molecule has 0 bridgehead atoms. The van der Waals surface area contributed by atoms with E-state index in [-0.39, 0.29) is 5.91 Å². The average Bonchev–Trinajstić information content (AvgIpc) is 2.66. The third-order valence-electron chi connectivity index (χ3n) is 3.89. The summed E-state index contributed by atoms with van der Waals surface area (Å²) in [6, 6.07) is 12.9. The van der Waals surface area contributed by atoms with Gasteiger partial charge in [0.1, 0.15) is 0 Å². The number of carbonyl (C=O) groups is 1. The number of rotatable bonds is 1. The number of fused-ring (bicyclic) bond motifs is 1. The van der Waals surface area contributed by atoms with Gasteiger partial charge in [-0.15, -0.1) is 0 Å². The minimum atomic E-state index is -1.59. The van der Waals surface area contributed by atoms with Crippen molar-refractivity contribution in [2.24, 2.45) is 0 Å². The Bertz CT molecular complexity index is 678. The molecule has 0 saturated heterocycles. The summed E-state index contributed by atoms with van der Waals surface area (Å²) >= 11 is 0. The van der Waals surface area contributed by atoms with Crippen molar-refractivity contribution >= 4 is 11.6 Å². The highest BCUT2D eigenvalue weighted by Gasteiger charge is 2.47. The molecule has 3 rings (SSSR count). The van der Waals surface area contributed by atoms with E-state index >= 15 is 0 Å². The first-order valence-corrected chi connectivity index (χ1v) is 6.25. The van der Waals surface area contributed by atoms with Crippen LogP contribution >= 0.6 is 0 Å². The summed E-state index contributed by atoms with van der Waals surface area (Å²) < 4.78 is 0. The van der Waals surface area contributed by atoms with Crippen LogP contribution < -0.4 is 5.32 Å². The van der Waals surface area contributed by atoms with Crippen molar-refractivity contribution in [3.05, 3.63) is 64.7 Å². The highest BCUT2D eigenvalue weighted by molar-refractivity contribution is 6.07. The molecule has 0 aromatic heterocycles. The molecule has 0 aliphatic carbocycles. The minimum Gasteiger partial charge on any atom is -0.372 e. The smallest absolute Gasteiger partial charge is 0.265 e. The van der Waals surface area contributed by atoms with Gasteiger partial charge in [0.05, 0.1) is 0 Å². The van der Waals surface area contributed by atoms with Crippen LogP contribution in [-0.2, 0) is 10.4 Å². The van der Waals surface area contributed by atoms with Gasteiger partial charge in [-0.05, 0) is 31.0 Å². The molecule has 96 valence electrons. The molecule has 3 nitrogen and oxygen atoms in total. The summed E-state index contributed by atoms with van der Waals surface area (Å²) in [5, 5.41) is 13.7. The van der Waals surface area contributed by atoms with Crippen LogP contribution in [0.15, 0.2) is 42.5 Å². The number of benzene rings is 2. The summed E-state index contributed by atoms with van der Waals surface area (Å²) in [6.07, 6.45) is 0. The maximum Gasteiger partial charge on any atom is 0.265 e. The van der Waals surface area contributed by atoms with Crippen LogP contribution in [0.4, 0.5) is 5.69 Å². The quantitative estimate of drug-likeness (QED) is 0.820. The van der Waals surface area contributed by atoms with Crippen molar-refractivity contribution in [2.75, 3.05) is 5.32 Å². The second kappa shape index (κ2) is 3.93. The second-order valence-corrected chi connectivity index (χ2v) is 4.96. The van der Waals surface area contributed by atoms with Crippen molar-refractivity contribution in [2.45, 2.75) is 19.4 Å². The maximum absolute atomic E-state index is 12.3. The largest absolute Gasteiger partial charge is 0.372 e. The number of carbonyl (C=O) groups excluding carboxylic acids is 1. The number of aliphatic hydroxyl groups is 1. The van der Waals surface area contributed by atoms with Gasteiger partial charge in [0.25, 0.3) is 5.91 Å². The van der Waals surface area contributed by atoms with E-state index in [2.05, 4.69) is 5.32 Å². The molecule has 0 radical (unpaired) electrons. The van der Waals surface area contributed by atoms with E-state index in [1.165, 1.54) is 0 Å². The Balaban J connectivity index is 2.29. The number of hydrogen-bond acceptors (Lipinski definition) is 2. The Hall–Kier alpha value is -2.13. The Labute approximate surface area is 111 Å². The minimum absolute atomic E-state index is 0.387. The van der Waals surface area contributed by atoms with E-state index in [0.29, 0.717) is 16.8 Å². The molecule has 1 heterocycles. The molecule has 3 heteroatoms. The van der Waals surface area contributed by atoms with Gasteiger partial charge in [-0.3, -0.25) is 4.79 Å². The molecular formula is C16H15NO2. The molecule has 2 N–H and O–H groups in total. The predicted molar refractivity (Wildman–Crippen MR) is 74.0 cm³/mol. The molecule has 0 saturated carbocycles. The number of anilines is 1. The highest BCUT2D eigenvalue weighted by Crippen LogP contribution is 2.42. The maximum atomic E-state index is 12.3. The zero-order chi connectivity index (χ0) is 13.6. The summed E-state index contributed by atoms with van der Waals surface area (Å²) in [7, 11) is 0. The third-order valence-corrected chi connectivity index (χ3v) is 3.89. The number of amides is 1. The topological polar surface area (TPSA) is 49.3 Å². The van der Waals surface area contributed by atoms with Crippen LogP contribution in [0.25, 0.3) is 0 Å². The standard InChI is InChI=1S/C16H15NO2/c1-10-6-5-8-12(11(10)2)16(19)13-7-3-4-9-14(13)17-15(16)18/h3-9,19H,1-2H3,(H,17,18). The van der Waals surface area contributed by atoms with Crippen molar-refractivity contribution in [1.29, 1.82) is 0 Å². The number of nitrogens with one attached hydrogen (secondary N) is 1. The SMILES string of the molecule is Cc1cccc(C2(O)C(=O)Nc3ccccc32)c1C. The average molecular weight is 253 g/mol. The monoisotopic (exact) mass is 253 g/mol. The van der Waals surface area contributed by atoms with Crippen LogP contribution in [0, 0.1) is 13.8 Å². The number of para-hydroxylation sites is 1. The summed E-state index contributed by atoms with van der Waals surface area (Å²) in [5.41, 5.74) is 2.35. The highest BCUT2D eigenvalue weighted by atomic mass is 16.3. The summed E-state index contributed by atoms with van der Waals surface area (Å²) in [5.74, 6) is -0.387. The zero-order valence-corrected chi connectivity index (χ0v) is 10.9. The van der Waals surface area contributed by atoms with Gasteiger partial charge in [0, 0.05) is 16.8 Å². The zero-order valence-electron chi connectivity index (χ0n) is 10.9. The molecule has 2 aromatic carbocycles. The van der Waals surface area contributed by atoms with E-state index < -0.39 is 5.60 Å². The van der Waals surface area contributed by atoms with Crippen molar-refractivity contribution in [3.8, 4) is 0 Å². The molecule has 1 amide bonds.